The van der Waals surface area contributed by atoms with Gasteiger partial charge in [0.25, 0.3) is 5.56 Å². The van der Waals surface area contributed by atoms with E-state index in [1.807, 2.05) is 6.07 Å². The molecule has 0 saturated heterocycles. The number of nitrogens with zero attached hydrogens (tertiary/aromatic N) is 2. The van der Waals surface area contributed by atoms with Crippen LogP contribution >= 0.6 is 23.1 Å². The number of hydrogen-bond acceptors (Lipinski definition) is 6. The monoisotopic (exact) mass is 441 g/mol. The minimum atomic E-state index is -0.401. The number of carbonyl (C=O) groups is 1. The van der Waals surface area contributed by atoms with E-state index in [2.05, 4.69) is 10.3 Å². The summed E-state index contributed by atoms with van der Waals surface area (Å²) in [6.07, 6.45) is 0. The molecule has 1 N–H and O–H groups in total. The van der Waals surface area contributed by atoms with Gasteiger partial charge in [0.15, 0.2) is 5.16 Å². The molecule has 152 valence electrons. The van der Waals surface area contributed by atoms with Gasteiger partial charge in [-0.2, -0.15) is 0 Å². The minimum absolute atomic E-state index is 0.0291. The van der Waals surface area contributed by atoms with Crippen molar-refractivity contribution in [2.24, 2.45) is 0 Å². The molecule has 0 spiro atoms. The fraction of sp³-hybridized carbons (Fsp3) is 0.0952. The number of fused-ring (bicyclic) bond motifs is 1. The molecule has 6 nitrogen and oxygen atoms in total. The zero-order valence-electron chi connectivity index (χ0n) is 15.8. The predicted molar refractivity (Wildman–Crippen MR) is 118 cm³/mol. The van der Waals surface area contributed by atoms with Crippen molar-refractivity contribution in [1.82, 2.24) is 9.55 Å². The van der Waals surface area contributed by atoms with E-state index in [4.69, 9.17) is 4.74 Å². The van der Waals surface area contributed by atoms with Crippen molar-refractivity contribution in [2.45, 2.75) is 5.16 Å². The zero-order chi connectivity index (χ0) is 21.1. The van der Waals surface area contributed by atoms with Gasteiger partial charge in [0.1, 0.15) is 16.3 Å². The van der Waals surface area contributed by atoms with Crippen LogP contribution in [0.3, 0.4) is 0 Å². The van der Waals surface area contributed by atoms with Crippen LogP contribution in [0.4, 0.5) is 10.1 Å². The van der Waals surface area contributed by atoms with Gasteiger partial charge in [-0.05, 0) is 47.8 Å². The Labute approximate surface area is 179 Å². The highest BCUT2D eigenvalue weighted by Crippen LogP contribution is 2.26. The molecule has 30 heavy (non-hydrogen) atoms. The predicted octanol–water partition coefficient (Wildman–Crippen LogP) is 4.33. The van der Waals surface area contributed by atoms with Crippen LogP contribution in [-0.4, -0.2) is 28.3 Å². The van der Waals surface area contributed by atoms with Gasteiger partial charge < -0.3 is 10.1 Å². The lowest BCUT2D eigenvalue weighted by Gasteiger charge is -2.13. The van der Waals surface area contributed by atoms with Gasteiger partial charge in [0, 0.05) is 0 Å². The lowest BCUT2D eigenvalue weighted by atomic mass is 10.3. The van der Waals surface area contributed by atoms with E-state index in [9.17, 15) is 14.0 Å². The maximum absolute atomic E-state index is 13.4. The molecule has 1 amide bonds. The largest absolute Gasteiger partial charge is 0.495 e. The Bertz CT molecular complexity index is 1270. The van der Waals surface area contributed by atoms with Crippen molar-refractivity contribution in [3.05, 3.63) is 76.1 Å². The summed E-state index contributed by atoms with van der Waals surface area (Å²) < 4.78 is 20.5. The van der Waals surface area contributed by atoms with E-state index in [0.29, 0.717) is 32.5 Å². The Kier molecular flexibility index (Phi) is 5.82. The van der Waals surface area contributed by atoms with Gasteiger partial charge in [-0.1, -0.05) is 23.9 Å². The van der Waals surface area contributed by atoms with Crippen molar-refractivity contribution in [3.63, 3.8) is 0 Å². The summed E-state index contributed by atoms with van der Waals surface area (Å²) in [5, 5.41) is 4.94. The lowest BCUT2D eigenvalue weighted by molar-refractivity contribution is -0.113. The Morgan fingerprint density at radius 2 is 1.97 bits per heavy atom. The molecule has 2 heterocycles. The van der Waals surface area contributed by atoms with Crippen molar-refractivity contribution in [3.8, 4) is 11.4 Å². The van der Waals surface area contributed by atoms with E-state index in [-0.39, 0.29) is 17.2 Å². The first-order valence-electron chi connectivity index (χ1n) is 8.88. The number of aromatic nitrogens is 2. The van der Waals surface area contributed by atoms with Gasteiger partial charge >= 0.3 is 0 Å². The summed E-state index contributed by atoms with van der Waals surface area (Å²) in [5.74, 6) is -0.0875. The maximum atomic E-state index is 13.4. The third-order valence-corrected chi connectivity index (χ3v) is 6.08. The van der Waals surface area contributed by atoms with Gasteiger partial charge in [0.2, 0.25) is 5.91 Å². The van der Waals surface area contributed by atoms with Crippen LogP contribution in [0.5, 0.6) is 5.75 Å². The highest BCUT2D eigenvalue weighted by atomic mass is 32.2. The second-order valence-corrected chi connectivity index (χ2v) is 8.04. The van der Waals surface area contributed by atoms with E-state index in [1.54, 1.807) is 29.6 Å². The normalized spacial score (nSPS) is 10.9. The summed E-state index contributed by atoms with van der Waals surface area (Å²) >= 11 is 2.42. The second-order valence-electron chi connectivity index (χ2n) is 6.18. The van der Waals surface area contributed by atoms with Gasteiger partial charge in [-0.3, -0.25) is 14.2 Å². The molecule has 0 saturated carbocycles. The smallest absolute Gasteiger partial charge is 0.276 e. The van der Waals surface area contributed by atoms with Crippen LogP contribution in [-0.2, 0) is 4.79 Å². The van der Waals surface area contributed by atoms with Crippen molar-refractivity contribution >= 4 is 44.9 Å². The number of para-hydroxylation sites is 2. The average molecular weight is 442 g/mol. The molecule has 4 aromatic rings. The van der Waals surface area contributed by atoms with Crippen LogP contribution in [0.1, 0.15) is 0 Å². The van der Waals surface area contributed by atoms with Crippen LogP contribution < -0.4 is 15.6 Å². The first-order valence-corrected chi connectivity index (χ1v) is 10.7. The average Bonchev–Trinajstić information content (AvgIpc) is 3.23. The molecule has 0 unspecified atom stereocenters. The van der Waals surface area contributed by atoms with Crippen LogP contribution in [0.25, 0.3) is 15.9 Å². The molecule has 9 heteroatoms. The van der Waals surface area contributed by atoms with E-state index >= 15 is 0 Å². The van der Waals surface area contributed by atoms with Gasteiger partial charge in [-0.25, -0.2) is 9.37 Å². The Balaban J connectivity index is 1.63. The number of methoxy groups -OCH3 is 1. The molecule has 0 aliphatic heterocycles. The molecule has 2 aromatic carbocycles. The highest BCUT2D eigenvalue weighted by Gasteiger charge is 2.16. The van der Waals surface area contributed by atoms with E-state index in [0.717, 1.165) is 11.8 Å². The van der Waals surface area contributed by atoms with Crippen molar-refractivity contribution < 1.29 is 13.9 Å². The molecule has 0 aliphatic carbocycles. The first-order chi connectivity index (χ1) is 14.6. The first kappa shape index (κ1) is 20.1. The highest BCUT2D eigenvalue weighted by molar-refractivity contribution is 7.99. The third-order valence-electron chi connectivity index (χ3n) is 4.25. The number of thioether (sulfide) groups is 1. The lowest BCUT2D eigenvalue weighted by Crippen LogP contribution is -2.22. The van der Waals surface area contributed by atoms with Crippen molar-refractivity contribution in [2.75, 3.05) is 18.2 Å². The van der Waals surface area contributed by atoms with Crippen molar-refractivity contribution in [1.29, 1.82) is 0 Å². The number of amides is 1. The molecule has 0 fully saturated rings. The van der Waals surface area contributed by atoms with Crippen LogP contribution in [0.15, 0.2) is 69.9 Å². The van der Waals surface area contributed by atoms with Crippen LogP contribution in [0.2, 0.25) is 0 Å². The quantitative estimate of drug-likeness (QED) is 0.356. The fourth-order valence-electron chi connectivity index (χ4n) is 2.87. The SMILES string of the molecule is COc1ccccc1NC(=O)CSc1nc2ccsc2c(=O)n1-c1ccc(F)cc1. The maximum Gasteiger partial charge on any atom is 0.276 e. The molecule has 0 bridgehead atoms. The number of hydrogen-bond donors (Lipinski definition) is 1. The summed E-state index contributed by atoms with van der Waals surface area (Å²) in [5.41, 5.74) is 1.35. The minimum Gasteiger partial charge on any atom is -0.495 e. The Morgan fingerprint density at radius 1 is 1.20 bits per heavy atom. The molecular formula is C21H16FN3O3S2. The van der Waals surface area contributed by atoms with E-state index in [1.165, 1.54) is 47.3 Å². The number of anilines is 1. The number of rotatable bonds is 6. The number of carbonyl (C=O) groups excluding carboxylic acids is 1. The summed E-state index contributed by atoms with van der Waals surface area (Å²) in [6.45, 7) is 0. The fourth-order valence-corrected chi connectivity index (χ4v) is 4.44. The van der Waals surface area contributed by atoms with Gasteiger partial charge in [0.05, 0.1) is 29.8 Å². The Hall–Kier alpha value is -3.17. The number of thiophene rings is 1. The molecule has 0 radical (unpaired) electrons. The summed E-state index contributed by atoms with van der Waals surface area (Å²) in [7, 11) is 1.53. The molecule has 0 atom stereocenters. The summed E-state index contributed by atoms with van der Waals surface area (Å²) in [4.78, 5) is 30.1. The number of nitrogens with one attached hydrogen (secondary N) is 1. The molecule has 4 rings (SSSR count). The molecule has 2 aromatic heterocycles. The number of benzene rings is 2. The van der Waals surface area contributed by atoms with Gasteiger partial charge in [-0.15, -0.1) is 11.3 Å². The number of halogens is 1. The summed E-state index contributed by atoms with van der Waals surface area (Å²) in [6, 6.07) is 14.4. The van der Waals surface area contributed by atoms with E-state index < -0.39 is 5.82 Å². The zero-order valence-corrected chi connectivity index (χ0v) is 17.4. The van der Waals surface area contributed by atoms with Crippen LogP contribution in [0, 0.1) is 5.82 Å². The third kappa shape index (κ3) is 4.07. The number of ether oxygens (including phenoxy) is 1. The molecular weight excluding hydrogens is 425 g/mol. The topological polar surface area (TPSA) is 73.2 Å². The standard InChI is InChI=1S/C21H16FN3O3S2/c1-28-17-5-3-2-4-15(17)23-18(26)12-30-21-24-16-10-11-29-19(16)20(27)25(21)14-8-6-13(22)7-9-14/h2-11H,12H2,1H3,(H,23,26). The second kappa shape index (κ2) is 8.68. The Morgan fingerprint density at radius 3 is 2.73 bits per heavy atom. The molecule has 0 aliphatic rings.